The molecule has 0 spiro atoms. The van der Waals surface area contributed by atoms with Crippen LogP contribution in [0.3, 0.4) is 0 Å². The highest BCUT2D eigenvalue weighted by Crippen LogP contribution is 2.20. The minimum atomic E-state index is -1.18. The van der Waals surface area contributed by atoms with Gasteiger partial charge in [-0.3, -0.25) is 4.79 Å². The van der Waals surface area contributed by atoms with Crippen LogP contribution in [0.4, 0.5) is 0 Å². The number of rotatable bonds is 9. The molecule has 7 heteroatoms. The number of pyridine rings is 1. The van der Waals surface area contributed by atoms with E-state index in [9.17, 15) is 9.59 Å². The van der Waals surface area contributed by atoms with E-state index in [0.717, 1.165) is 11.1 Å². The monoisotopic (exact) mass is 358 g/mol. The first-order valence-electron chi connectivity index (χ1n) is 8.30. The second-order valence-corrected chi connectivity index (χ2v) is 5.55. The maximum absolute atomic E-state index is 12.2. The first kappa shape index (κ1) is 19.4. The zero-order valence-corrected chi connectivity index (χ0v) is 14.8. The Hall–Kier alpha value is -2.93. The molecule has 1 aromatic heterocycles. The predicted molar refractivity (Wildman–Crippen MR) is 95.5 cm³/mol. The molecule has 0 saturated heterocycles. The lowest BCUT2D eigenvalue weighted by Crippen LogP contribution is -2.25. The number of carbonyl (C=O) groups excluding carboxylic acids is 1. The van der Waals surface area contributed by atoms with Crippen LogP contribution in [0.2, 0.25) is 0 Å². The van der Waals surface area contributed by atoms with Gasteiger partial charge in [0, 0.05) is 18.7 Å². The summed E-state index contributed by atoms with van der Waals surface area (Å²) >= 11 is 0. The quantitative estimate of drug-likeness (QED) is 0.668. The lowest BCUT2D eigenvalue weighted by molar-refractivity contribution is 0.0690. The number of benzene rings is 1. The number of ether oxygens (including phenoxy) is 2. The van der Waals surface area contributed by atoms with Crippen molar-refractivity contribution >= 4 is 11.9 Å². The summed E-state index contributed by atoms with van der Waals surface area (Å²) in [6.45, 7) is 5.65. The van der Waals surface area contributed by atoms with E-state index in [2.05, 4.69) is 10.3 Å². The van der Waals surface area contributed by atoms with Crippen molar-refractivity contribution in [2.75, 3.05) is 19.8 Å². The van der Waals surface area contributed by atoms with Crippen molar-refractivity contribution in [3.8, 4) is 5.75 Å². The highest BCUT2D eigenvalue weighted by Gasteiger charge is 2.12. The van der Waals surface area contributed by atoms with E-state index in [1.165, 1.54) is 18.2 Å². The van der Waals surface area contributed by atoms with E-state index in [4.69, 9.17) is 14.6 Å². The van der Waals surface area contributed by atoms with Gasteiger partial charge in [0.2, 0.25) is 0 Å². The molecule has 1 heterocycles. The molecule has 1 amide bonds. The van der Waals surface area contributed by atoms with Crippen molar-refractivity contribution in [2.24, 2.45) is 0 Å². The number of amides is 1. The Morgan fingerprint density at radius 1 is 1.15 bits per heavy atom. The third-order valence-corrected chi connectivity index (χ3v) is 3.55. The van der Waals surface area contributed by atoms with Gasteiger partial charge in [-0.2, -0.15) is 0 Å². The molecular weight excluding hydrogens is 336 g/mol. The number of carbonyl (C=O) groups is 2. The van der Waals surface area contributed by atoms with Crippen molar-refractivity contribution in [1.29, 1.82) is 0 Å². The minimum absolute atomic E-state index is 0.0517. The molecule has 0 fully saturated rings. The summed E-state index contributed by atoms with van der Waals surface area (Å²) in [6, 6.07) is 10.0. The first-order chi connectivity index (χ1) is 12.5. The summed E-state index contributed by atoms with van der Waals surface area (Å²) in [5, 5.41) is 11.7. The maximum Gasteiger partial charge on any atom is 0.354 e. The van der Waals surface area contributed by atoms with Crippen molar-refractivity contribution in [2.45, 2.75) is 20.4 Å². The van der Waals surface area contributed by atoms with Crippen molar-refractivity contribution in [1.82, 2.24) is 10.3 Å². The van der Waals surface area contributed by atoms with Crippen LogP contribution < -0.4 is 10.1 Å². The van der Waals surface area contributed by atoms with Crippen LogP contribution in [0.5, 0.6) is 5.75 Å². The van der Waals surface area contributed by atoms with Crippen molar-refractivity contribution < 1.29 is 24.2 Å². The number of carboxylic acid groups (broad SMARTS) is 1. The number of aromatic nitrogens is 1. The van der Waals surface area contributed by atoms with Crippen LogP contribution in [0.15, 0.2) is 36.4 Å². The van der Waals surface area contributed by atoms with Gasteiger partial charge in [0.25, 0.3) is 5.91 Å². The Labute approximate surface area is 152 Å². The largest absolute Gasteiger partial charge is 0.491 e. The minimum Gasteiger partial charge on any atom is -0.491 e. The Bertz CT molecular complexity index is 776. The first-order valence-corrected chi connectivity index (χ1v) is 8.30. The van der Waals surface area contributed by atoms with Gasteiger partial charge < -0.3 is 19.9 Å². The van der Waals surface area contributed by atoms with Crippen LogP contribution in [-0.4, -0.2) is 41.8 Å². The lowest BCUT2D eigenvalue weighted by atomic mass is 10.1. The summed E-state index contributed by atoms with van der Waals surface area (Å²) in [7, 11) is 0. The number of hydrogen-bond donors (Lipinski definition) is 2. The number of carboxylic acids is 1. The van der Waals surface area contributed by atoms with Gasteiger partial charge in [-0.25, -0.2) is 9.78 Å². The van der Waals surface area contributed by atoms with Crippen LogP contribution in [-0.2, 0) is 11.3 Å². The molecule has 0 atom stereocenters. The maximum atomic E-state index is 12.2. The second kappa shape index (κ2) is 9.53. The molecular formula is C19H22N2O5. The number of aromatic carboxylic acids is 1. The van der Waals surface area contributed by atoms with E-state index >= 15 is 0 Å². The summed E-state index contributed by atoms with van der Waals surface area (Å²) in [5.41, 5.74) is 1.74. The standard InChI is InChI=1S/C19H22N2O5/c1-3-25-9-10-26-17-11-13(2)7-8-14(17)12-20-18(22)15-5-4-6-16(21-15)19(23)24/h4-8,11H,3,9-10,12H2,1-2H3,(H,20,22)(H,23,24). The van der Waals surface area contributed by atoms with E-state index < -0.39 is 11.9 Å². The summed E-state index contributed by atoms with van der Waals surface area (Å²) in [4.78, 5) is 27.0. The molecule has 2 rings (SSSR count). The van der Waals surface area contributed by atoms with Gasteiger partial charge in [0.05, 0.1) is 6.61 Å². The predicted octanol–water partition coefficient (Wildman–Crippen LogP) is 2.43. The van der Waals surface area contributed by atoms with Gasteiger partial charge in [-0.15, -0.1) is 0 Å². The van der Waals surface area contributed by atoms with Gasteiger partial charge in [-0.05, 0) is 37.6 Å². The fourth-order valence-electron chi connectivity index (χ4n) is 2.24. The van der Waals surface area contributed by atoms with Crippen LogP contribution >= 0.6 is 0 Å². The van der Waals surface area contributed by atoms with E-state index in [1.807, 2.05) is 32.0 Å². The Kier molecular flexibility index (Phi) is 7.11. The number of nitrogens with zero attached hydrogens (tertiary/aromatic N) is 1. The Balaban J connectivity index is 2.03. The highest BCUT2D eigenvalue weighted by atomic mass is 16.5. The second-order valence-electron chi connectivity index (χ2n) is 5.55. The normalized spacial score (nSPS) is 10.4. The average Bonchev–Trinajstić information content (AvgIpc) is 2.64. The SMILES string of the molecule is CCOCCOc1cc(C)ccc1CNC(=O)c1cccc(C(=O)O)n1. The molecule has 2 aromatic rings. The number of aryl methyl sites for hydroxylation is 1. The molecule has 26 heavy (non-hydrogen) atoms. The molecule has 7 nitrogen and oxygen atoms in total. The van der Waals surface area contributed by atoms with Gasteiger partial charge in [-0.1, -0.05) is 18.2 Å². The molecule has 2 N–H and O–H groups in total. The zero-order valence-electron chi connectivity index (χ0n) is 14.8. The van der Waals surface area contributed by atoms with Gasteiger partial charge in [0.1, 0.15) is 23.7 Å². The Morgan fingerprint density at radius 2 is 1.92 bits per heavy atom. The molecule has 0 aliphatic carbocycles. The summed E-state index contributed by atoms with van der Waals surface area (Å²) < 4.78 is 11.0. The Morgan fingerprint density at radius 3 is 2.65 bits per heavy atom. The molecule has 1 aromatic carbocycles. The molecule has 0 aliphatic heterocycles. The molecule has 0 aliphatic rings. The summed E-state index contributed by atoms with van der Waals surface area (Å²) in [6.07, 6.45) is 0. The van der Waals surface area contributed by atoms with E-state index in [-0.39, 0.29) is 17.9 Å². The highest BCUT2D eigenvalue weighted by molar-refractivity contribution is 5.94. The fraction of sp³-hybridized carbons (Fsp3) is 0.316. The molecule has 138 valence electrons. The van der Waals surface area contributed by atoms with Crippen LogP contribution in [0.25, 0.3) is 0 Å². The van der Waals surface area contributed by atoms with Gasteiger partial charge in [0.15, 0.2) is 0 Å². The van der Waals surface area contributed by atoms with Crippen LogP contribution in [0, 0.1) is 6.92 Å². The fourth-order valence-corrected chi connectivity index (χ4v) is 2.24. The summed E-state index contributed by atoms with van der Waals surface area (Å²) in [5.74, 6) is -0.950. The topological polar surface area (TPSA) is 97.8 Å². The smallest absolute Gasteiger partial charge is 0.354 e. The third-order valence-electron chi connectivity index (χ3n) is 3.55. The molecule has 0 bridgehead atoms. The number of hydrogen-bond acceptors (Lipinski definition) is 5. The molecule has 0 unspecified atom stereocenters. The van der Waals surface area contributed by atoms with E-state index in [1.54, 1.807) is 0 Å². The van der Waals surface area contributed by atoms with Crippen molar-refractivity contribution in [3.05, 3.63) is 58.9 Å². The molecule has 0 saturated carbocycles. The van der Waals surface area contributed by atoms with Crippen molar-refractivity contribution in [3.63, 3.8) is 0 Å². The lowest BCUT2D eigenvalue weighted by Gasteiger charge is -2.13. The van der Waals surface area contributed by atoms with E-state index in [0.29, 0.717) is 25.6 Å². The third kappa shape index (κ3) is 5.56. The average molecular weight is 358 g/mol. The zero-order chi connectivity index (χ0) is 18.9. The van der Waals surface area contributed by atoms with Crippen LogP contribution in [0.1, 0.15) is 39.0 Å². The molecule has 0 radical (unpaired) electrons. The number of nitrogens with one attached hydrogen (secondary N) is 1. The van der Waals surface area contributed by atoms with Gasteiger partial charge >= 0.3 is 5.97 Å².